The predicted octanol–water partition coefficient (Wildman–Crippen LogP) is 4.83. The van der Waals surface area contributed by atoms with E-state index in [1.54, 1.807) is 6.20 Å². The first kappa shape index (κ1) is 17.0. The Morgan fingerprint density at radius 1 is 0.880 bits per heavy atom. The summed E-state index contributed by atoms with van der Waals surface area (Å²) in [6, 6.07) is 20.8. The SMILES string of the molecule is CCc1ccc(Nc2ccnc(NCCCc3ccccc3)n2)cc1. The summed E-state index contributed by atoms with van der Waals surface area (Å²) in [5, 5.41) is 6.62. The minimum atomic E-state index is 0.656. The Morgan fingerprint density at radius 3 is 2.44 bits per heavy atom. The smallest absolute Gasteiger partial charge is 0.224 e. The number of nitrogens with one attached hydrogen (secondary N) is 2. The lowest BCUT2D eigenvalue weighted by Gasteiger charge is -2.09. The summed E-state index contributed by atoms with van der Waals surface area (Å²) < 4.78 is 0. The summed E-state index contributed by atoms with van der Waals surface area (Å²) >= 11 is 0. The molecule has 0 aliphatic heterocycles. The monoisotopic (exact) mass is 332 g/mol. The van der Waals surface area contributed by atoms with Gasteiger partial charge in [-0.05, 0) is 48.6 Å². The molecule has 2 N–H and O–H groups in total. The summed E-state index contributed by atoms with van der Waals surface area (Å²) in [6.07, 6.45) is 4.92. The lowest BCUT2D eigenvalue weighted by molar-refractivity contribution is 0.853. The molecule has 0 radical (unpaired) electrons. The number of anilines is 3. The Labute approximate surface area is 149 Å². The molecule has 1 heterocycles. The molecule has 0 spiro atoms. The third-order valence-corrected chi connectivity index (χ3v) is 4.06. The maximum Gasteiger partial charge on any atom is 0.224 e. The lowest BCUT2D eigenvalue weighted by atomic mass is 10.1. The normalized spacial score (nSPS) is 10.4. The second-order valence-electron chi connectivity index (χ2n) is 5.96. The van der Waals surface area contributed by atoms with Crippen LogP contribution in [0.1, 0.15) is 24.5 Å². The van der Waals surface area contributed by atoms with Gasteiger partial charge in [0.25, 0.3) is 0 Å². The van der Waals surface area contributed by atoms with Crippen molar-refractivity contribution in [2.45, 2.75) is 26.2 Å². The highest BCUT2D eigenvalue weighted by Crippen LogP contribution is 2.16. The van der Waals surface area contributed by atoms with Gasteiger partial charge >= 0.3 is 0 Å². The topological polar surface area (TPSA) is 49.8 Å². The van der Waals surface area contributed by atoms with Gasteiger partial charge in [-0.1, -0.05) is 49.4 Å². The fourth-order valence-electron chi connectivity index (χ4n) is 2.62. The first-order valence-electron chi connectivity index (χ1n) is 8.80. The van der Waals surface area contributed by atoms with Crippen LogP contribution >= 0.6 is 0 Å². The van der Waals surface area contributed by atoms with Crippen LogP contribution in [0.15, 0.2) is 66.9 Å². The van der Waals surface area contributed by atoms with Gasteiger partial charge in [-0.2, -0.15) is 4.98 Å². The Bertz CT molecular complexity index is 769. The fraction of sp³-hybridized carbons (Fsp3) is 0.238. The van der Waals surface area contributed by atoms with Crippen LogP contribution in [0.5, 0.6) is 0 Å². The van der Waals surface area contributed by atoms with Gasteiger partial charge in [0.2, 0.25) is 5.95 Å². The van der Waals surface area contributed by atoms with E-state index in [2.05, 4.69) is 76.1 Å². The predicted molar refractivity (Wildman–Crippen MR) is 104 cm³/mol. The second kappa shape index (κ2) is 8.83. The molecule has 0 atom stereocenters. The van der Waals surface area contributed by atoms with Crippen LogP contribution in [-0.2, 0) is 12.8 Å². The van der Waals surface area contributed by atoms with Crippen molar-refractivity contribution in [2.75, 3.05) is 17.2 Å². The van der Waals surface area contributed by atoms with Crippen molar-refractivity contribution in [1.29, 1.82) is 0 Å². The second-order valence-corrected chi connectivity index (χ2v) is 5.96. The summed E-state index contributed by atoms with van der Waals surface area (Å²) in [5.74, 6) is 1.45. The molecule has 4 heteroatoms. The molecule has 0 aliphatic rings. The molecule has 0 aliphatic carbocycles. The molecule has 4 nitrogen and oxygen atoms in total. The highest BCUT2D eigenvalue weighted by Gasteiger charge is 2.00. The highest BCUT2D eigenvalue weighted by molar-refractivity contribution is 5.57. The largest absolute Gasteiger partial charge is 0.354 e. The van der Waals surface area contributed by atoms with E-state index in [1.807, 2.05) is 12.1 Å². The minimum Gasteiger partial charge on any atom is -0.354 e. The van der Waals surface area contributed by atoms with Gasteiger partial charge in [-0.3, -0.25) is 0 Å². The van der Waals surface area contributed by atoms with Gasteiger partial charge < -0.3 is 10.6 Å². The van der Waals surface area contributed by atoms with Gasteiger partial charge in [0.05, 0.1) is 0 Å². The number of benzene rings is 2. The molecule has 3 rings (SSSR count). The quantitative estimate of drug-likeness (QED) is 0.580. The maximum absolute atomic E-state index is 4.52. The molecule has 0 bridgehead atoms. The molecule has 0 fully saturated rings. The van der Waals surface area contributed by atoms with Crippen LogP contribution in [0.25, 0.3) is 0 Å². The van der Waals surface area contributed by atoms with Crippen LogP contribution in [-0.4, -0.2) is 16.5 Å². The van der Waals surface area contributed by atoms with E-state index < -0.39 is 0 Å². The van der Waals surface area contributed by atoms with Gasteiger partial charge in [0.15, 0.2) is 0 Å². The number of aryl methyl sites for hydroxylation is 2. The highest BCUT2D eigenvalue weighted by atomic mass is 15.1. The molecule has 0 saturated carbocycles. The molecule has 25 heavy (non-hydrogen) atoms. The van der Waals surface area contributed by atoms with Crippen molar-refractivity contribution in [2.24, 2.45) is 0 Å². The molecule has 0 amide bonds. The van der Waals surface area contributed by atoms with Crippen LogP contribution in [0.4, 0.5) is 17.5 Å². The molecule has 2 aromatic carbocycles. The molecule has 0 saturated heterocycles. The van der Waals surface area contributed by atoms with E-state index in [0.29, 0.717) is 5.95 Å². The Morgan fingerprint density at radius 2 is 1.68 bits per heavy atom. The Balaban J connectivity index is 1.50. The maximum atomic E-state index is 4.52. The van der Waals surface area contributed by atoms with E-state index in [-0.39, 0.29) is 0 Å². The van der Waals surface area contributed by atoms with E-state index >= 15 is 0 Å². The number of aromatic nitrogens is 2. The summed E-state index contributed by atoms with van der Waals surface area (Å²) in [5.41, 5.74) is 3.72. The standard InChI is InChI=1S/C21H24N4/c1-2-17-10-12-19(13-11-17)24-20-14-16-23-21(25-20)22-15-6-9-18-7-4-3-5-8-18/h3-5,7-8,10-14,16H,2,6,9,15H2,1H3,(H2,22,23,24,25). The van der Waals surface area contributed by atoms with E-state index in [1.165, 1.54) is 11.1 Å². The van der Waals surface area contributed by atoms with E-state index in [0.717, 1.165) is 37.3 Å². The average Bonchev–Trinajstić information content (AvgIpc) is 2.67. The molecular formula is C21H24N4. The first-order chi connectivity index (χ1) is 12.3. The lowest BCUT2D eigenvalue weighted by Crippen LogP contribution is -2.07. The van der Waals surface area contributed by atoms with Gasteiger partial charge in [-0.15, -0.1) is 0 Å². The van der Waals surface area contributed by atoms with Crippen LogP contribution in [0.3, 0.4) is 0 Å². The van der Waals surface area contributed by atoms with Crippen molar-refractivity contribution in [1.82, 2.24) is 9.97 Å². The van der Waals surface area contributed by atoms with Gasteiger partial charge in [-0.25, -0.2) is 4.98 Å². The third kappa shape index (κ3) is 5.31. The third-order valence-electron chi connectivity index (χ3n) is 4.06. The Kier molecular flexibility index (Phi) is 5.99. The van der Waals surface area contributed by atoms with Crippen molar-refractivity contribution in [3.05, 3.63) is 78.0 Å². The molecule has 1 aromatic heterocycles. The van der Waals surface area contributed by atoms with Crippen LogP contribution in [0, 0.1) is 0 Å². The number of hydrogen-bond donors (Lipinski definition) is 2. The van der Waals surface area contributed by atoms with Crippen molar-refractivity contribution in [3.63, 3.8) is 0 Å². The summed E-state index contributed by atoms with van der Waals surface area (Å²) in [6.45, 7) is 3.01. The van der Waals surface area contributed by atoms with Crippen molar-refractivity contribution in [3.8, 4) is 0 Å². The zero-order chi connectivity index (χ0) is 17.3. The number of rotatable bonds is 8. The zero-order valence-electron chi connectivity index (χ0n) is 14.6. The average molecular weight is 332 g/mol. The van der Waals surface area contributed by atoms with Crippen LogP contribution < -0.4 is 10.6 Å². The van der Waals surface area contributed by atoms with Crippen molar-refractivity contribution >= 4 is 17.5 Å². The van der Waals surface area contributed by atoms with Gasteiger partial charge in [0, 0.05) is 18.4 Å². The minimum absolute atomic E-state index is 0.656. The number of nitrogens with zero attached hydrogens (tertiary/aromatic N) is 2. The van der Waals surface area contributed by atoms with E-state index in [9.17, 15) is 0 Å². The Hall–Kier alpha value is -2.88. The molecule has 0 unspecified atom stereocenters. The zero-order valence-corrected chi connectivity index (χ0v) is 14.6. The summed E-state index contributed by atoms with van der Waals surface area (Å²) in [4.78, 5) is 8.81. The molecular weight excluding hydrogens is 308 g/mol. The number of hydrogen-bond acceptors (Lipinski definition) is 4. The molecule has 128 valence electrons. The first-order valence-corrected chi connectivity index (χ1v) is 8.80. The fourth-order valence-corrected chi connectivity index (χ4v) is 2.62. The molecule has 3 aromatic rings. The van der Waals surface area contributed by atoms with Crippen molar-refractivity contribution < 1.29 is 0 Å². The van der Waals surface area contributed by atoms with E-state index in [4.69, 9.17) is 0 Å². The summed E-state index contributed by atoms with van der Waals surface area (Å²) in [7, 11) is 0. The van der Waals surface area contributed by atoms with Crippen LogP contribution in [0.2, 0.25) is 0 Å². The van der Waals surface area contributed by atoms with Gasteiger partial charge in [0.1, 0.15) is 5.82 Å².